The molecule has 1 aliphatic heterocycles. The third kappa shape index (κ3) is 3.05. The van der Waals surface area contributed by atoms with Crippen LogP contribution in [0.1, 0.15) is 56.4 Å². The number of carbonyl (C=O) groups is 1. The quantitative estimate of drug-likeness (QED) is 0.797. The zero-order valence-corrected chi connectivity index (χ0v) is 12.3. The van der Waals surface area contributed by atoms with Crippen molar-refractivity contribution in [1.82, 2.24) is 4.90 Å². The first kappa shape index (κ1) is 13.7. The molecular weight excluding hydrogens is 246 g/mol. The highest BCUT2D eigenvalue weighted by Crippen LogP contribution is 2.30. The van der Waals surface area contributed by atoms with Crippen molar-refractivity contribution in [3.05, 3.63) is 35.9 Å². The van der Waals surface area contributed by atoms with E-state index in [0.29, 0.717) is 17.7 Å². The third-order valence-electron chi connectivity index (χ3n) is 4.96. The average Bonchev–Trinajstić information content (AvgIpc) is 2.92. The summed E-state index contributed by atoms with van der Waals surface area (Å²) in [5.74, 6) is 1.29. The molecule has 2 fully saturated rings. The number of rotatable bonds is 2. The molecule has 0 aromatic heterocycles. The van der Waals surface area contributed by atoms with Crippen molar-refractivity contribution >= 4 is 5.91 Å². The second-order valence-electron chi connectivity index (χ2n) is 6.37. The van der Waals surface area contributed by atoms with Gasteiger partial charge in [0.15, 0.2) is 0 Å². The van der Waals surface area contributed by atoms with Crippen LogP contribution in [0.25, 0.3) is 0 Å². The lowest BCUT2D eigenvalue weighted by atomic mass is 9.94. The number of carbonyl (C=O) groups excluding carboxylic acids is 1. The van der Waals surface area contributed by atoms with Crippen molar-refractivity contribution in [3.63, 3.8) is 0 Å². The lowest BCUT2D eigenvalue weighted by Crippen LogP contribution is -2.37. The number of benzene rings is 1. The highest BCUT2D eigenvalue weighted by atomic mass is 16.2. The fourth-order valence-corrected chi connectivity index (χ4v) is 3.77. The maximum absolute atomic E-state index is 12.7. The first-order valence-corrected chi connectivity index (χ1v) is 8.18. The van der Waals surface area contributed by atoms with Gasteiger partial charge in [0.25, 0.3) is 0 Å². The van der Waals surface area contributed by atoms with Crippen molar-refractivity contribution in [1.29, 1.82) is 0 Å². The van der Waals surface area contributed by atoms with E-state index in [9.17, 15) is 4.79 Å². The summed E-state index contributed by atoms with van der Waals surface area (Å²) in [7, 11) is 0. The molecule has 0 spiro atoms. The molecule has 1 aromatic carbocycles. The molecule has 1 heterocycles. The first-order chi connectivity index (χ1) is 9.84. The molecule has 1 saturated heterocycles. The predicted molar refractivity (Wildman–Crippen MR) is 81.6 cm³/mol. The van der Waals surface area contributed by atoms with E-state index >= 15 is 0 Å². The summed E-state index contributed by atoms with van der Waals surface area (Å²) >= 11 is 0. The Kier molecular flexibility index (Phi) is 4.39. The van der Waals surface area contributed by atoms with E-state index in [2.05, 4.69) is 35.2 Å². The van der Waals surface area contributed by atoms with Crippen LogP contribution in [0, 0.1) is 5.92 Å². The van der Waals surface area contributed by atoms with Gasteiger partial charge in [0.05, 0.1) is 0 Å². The normalized spacial score (nSPS) is 24.6. The molecule has 1 aliphatic carbocycles. The molecular formula is C18H25NO. The molecule has 0 N–H and O–H groups in total. The van der Waals surface area contributed by atoms with Crippen LogP contribution in [0.5, 0.6) is 0 Å². The van der Waals surface area contributed by atoms with Crippen molar-refractivity contribution < 1.29 is 4.79 Å². The largest absolute Gasteiger partial charge is 0.342 e. The van der Waals surface area contributed by atoms with E-state index in [4.69, 9.17) is 0 Å². The van der Waals surface area contributed by atoms with Crippen LogP contribution in [0.15, 0.2) is 30.3 Å². The Hall–Kier alpha value is -1.31. The van der Waals surface area contributed by atoms with Crippen LogP contribution in [-0.2, 0) is 4.79 Å². The van der Waals surface area contributed by atoms with Gasteiger partial charge >= 0.3 is 0 Å². The summed E-state index contributed by atoms with van der Waals surface area (Å²) in [6.07, 6.45) is 8.35. The number of hydrogen-bond acceptors (Lipinski definition) is 1. The lowest BCUT2D eigenvalue weighted by molar-refractivity contribution is -0.135. The second-order valence-corrected chi connectivity index (χ2v) is 6.37. The number of nitrogens with zero attached hydrogens (tertiary/aromatic N) is 1. The summed E-state index contributed by atoms with van der Waals surface area (Å²) in [6.45, 7) is 1.90. The minimum atomic E-state index is 0.324. The molecule has 1 saturated carbocycles. The molecule has 3 rings (SSSR count). The van der Waals surface area contributed by atoms with Gasteiger partial charge in [0.1, 0.15) is 0 Å². The van der Waals surface area contributed by atoms with Gasteiger partial charge in [-0.2, -0.15) is 0 Å². The van der Waals surface area contributed by atoms with E-state index in [0.717, 1.165) is 25.9 Å². The summed E-state index contributed by atoms with van der Waals surface area (Å²) in [4.78, 5) is 14.8. The third-order valence-corrected chi connectivity index (χ3v) is 4.96. The maximum atomic E-state index is 12.7. The van der Waals surface area contributed by atoms with Gasteiger partial charge in [-0.1, -0.05) is 49.6 Å². The van der Waals surface area contributed by atoms with Crippen LogP contribution in [0.3, 0.4) is 0 Å². The summed E-state index contributed by atoms with van der Waals surface area (Å²) in [5.41, 5.74) is 1.40. The topological polar surface area (TPSA) is 20.3 Å². The van der Waals surface area contributed by atoms with Crippen molar-refractivity contribution in [2.75, 3.05) is 13.1 Å². The number of hydrogen-bond donors (Lipinski definition) is 0. The van der Waals surface area contributed by atoms with Crippen LogP contribution in [0.4, 0.5) is 0 Å². The molecule has 1 amide bonds. The second kappa shape index (κ2) is 6.43. The van der Waals surface area contributed by atoms with Gasteiger partial charge in [-0.05, 0) is 31.2 Å². The zero-order valence-electron chi connectivity index (χ0n) is 12.3. The minimum Gasteiger partial charge on any atom is -0.342 e. The molecule has 2 heteroatoms. The Morgan fingerprint density at radius 1 is 0.950 bits per heavy atom. The number of amides is 1. The van der Waals surface area contributed by atoms with E-state index in [1.54, 1.807) is 0 Å². The van der Waals surface area contributed by atoms with E-state index in [1.807, 2.05) is 0 Å². The van der Waals surface area contributed by atoms with Gasteiger partial charge < -0.3 is 4.90 Å². The predicted octanol–water partition coefficient (Wildman–Crippen LogP) is 3.97. The molecule has 1 atom stereocenters. The molecule has 1 unspecified atom stereocenters. The van der Waals surface area contributed by atoms with Crippen LogP contribution >= 0.6 is 0 Å². The van der Waals surface area contributed by atoms with Gasteiger partial charge in [0, 0.05) is 24.9 Å². The Morgan fingerprint density at radius 2 is 1.65 bits per heavy atom. The molecule has 0 bridgehead atoms. The van der Waals surface area contributed by atoms with E-state index in [-0.39, 0.29) is 0 Å². The molecule has 2 aliphatic rings. The average molecular weight is 271 g/mol. The first-order valence-electron chi connectivity index (χ1n) is 8.18. The van der Waals surface area contributed by atoms with Gasteiger partial charge in [-0.3, -0.25) is 4.79 Å². The SMILES string of the molecule is O=C(C1CCCC1)N1CCCCC(c2ccccc2)C1. The number of likely N-dealkylation sites (tertiary alicyclic amines) is 1. The maximum Gasteiger partial charge on any atom is 0.225 e. The zero-order chi connectivity index (χ0) is 13.8. The summed E-state index contributed by atoms with van der Waals surface area (Å²) in [5, 5.41) is 0. The molecule has 0 radical (unpaired) electrons. The van der Waals surface area contributed by atoms with Gasteiger partial charge in [0.2, 0.25) is 5.91 Å². The smallest absolute Gasteiger partial charge is 0.225 e. The van der Waals surface area contributed by atoms with E-state index in [1.165, 1.54) is 37.7 Å². The standard InChI is InChI=1S/C18H25NO/c20-18(16-10-4-5-11-16)19-13-7-6-12-17(14-19)15-8-2-1-3-9-15/h1-3,8-9,16-17H,4-7,10-14H2. The fraction of sp³-hybridized carbons (Fsp3) is 0.611. The van der Waals surface area contributed by atoms with Gasteiger partial charge in [-0.25, -0.2) is 0 Å². The van der Waals surface area contributed by atoms with Crippen molar-refractivity contribution in [3.8, 4) is 0 Å². The van der Waals surface area contributed by atoms with Gasteiger partial charge in [-0.15, -0.1) is 0 Å². The fourth-order valence-electron chi connectivity index (χ4n) is 3.77. The van der Waals surface area contributed by atoms with Crippen molar-refractivity contribution in [2.45, 2.75) is 50.9 Å². The Bertz CT molecular complexity index is 436. The van der Waals surface area contributed by atoms with Crippen molar-refractivity contribution in [2.24, 2.45) is 5.92 Å². The highest BCUT2D eigenvalue weighted by molar-refractivity contribution is 5.79. The monoisotopic (exact) mass is 271 g/mol. The van der Waals surface area contributed by atoms with E-state index < -0.39 is 0 Å². The molecule has 2 nitrogen and oxygen atoms in total. The molecule has 1 aromatic rings. The Labute approximate surface area is 122 Å². The minimum absolute atomic E-state index is 0.324. The highest BCUT2D eigenvalue weighted by Gasteiger charge is 2.29. The lowest BCUT2D eigenvalue weighted by Gasteiger charge is -2.27. The van der Waals surface area contributed by atoms with Crippen LogP contribution in [-0.4, -0.2) is 23.9 Å². The van der Waals surface area contributed by atoms with Crippen LogP contribution < -0.4 is 0 Å². The Balaban J connectivity index is 1.70. The Morgan fingerprint density at radius 3 is 2.40 bits per heavy atom. The summed E-state index contributed by atoms with van der Waals surface area (Å²) < 4.78 is 0. The molecule has 108 valence electrons. The molecule has 20 heavy (non-hydrogen) atoms. The van der Waals surface area contributed by atoms with Crippen LogP contribution in [0.2, 0.25) is 0 Å². The summed E-state index contributed by atoms with van der Waals surface area (Å²) in [6, 6.07) is 10.7.